The Morgan fingerprint density at radius 1 is 1.47 bits per heavy atom. The summed E-state index contributed by atoms with van der Waals surface area (Å²) in [5, 5.41) is 0. The molecule has 1 atom stereocenters. The SMILES string of the molecule is Cc1ccc(OCC2CCCCO2)c(CN)n1. The predicted octanol–water partition coefficient (Wildman–Crippen LogP) is 1.80. The lowest BCUT2D eigenvalue weighted by atomic mass is 10.1. The molecular weight excluding hydrogens is 216 g/mol. The molecule has 1 aromatic heterocycles. The third-order valence-corrected chi connectivity index (χ3v) is 2.96. The van der Waals surface area contributed by atoms with Gasteiger partial charge in [-0.25, -0.2) is 0 Å². The Kier molecular flexibility index (Phi) is 4.34. The van der Waals surface area contributed by atoms with Crippen molar-refractivity contribution in [3.8, 4) is 5.75 Å². The average Bonchev–Trinajstić information content (AvgIpc) is 2.38. The van der Waals surface area contributed by atoms with Gasteiger partial charge in [0, 0.05) is 18.8 Å². The summed E-state index contributed by atoms with van der Waals surface area (Å²) < 4.78 is 11.4. The standard InChI is InChI=1S/C13H20N2O2/c1-10-5-6-13(12(8-14)15-10)17-9-11-4-2-3-7-16-11/h5-6,11H,2-4,7-9,14H2,1H3. The highest BCUT2D eigenvalue weighted by molar-refractivity contribution is 5.29. The molecule has 0 aromatic carbocycles. The first kappa shape index (κ1) is 12.3. The maximum Gasteiger partial charge on any atom is 0.142 e. The third-order valence-electron chi connectivity index (χ3n) is 2.96. The second-order valence-electron chi connectivity index (χ2n) is 4.40. The minimum atomic E-state index is 0.218. The fourth-order valence-corrected chi connectivity index (χ4v) is 2.00. The molecule has 0 spiro atoms. The van der Waals surface area contributed by atoms with Gasteiger partial charge >= 0.3 is 0 Å². The van der Waals surface area contributed by atoms with Crippen LogP contribution < -0.4 is 10.5 Å². The molecule has 0 amide bonds. The van der Waals surface area contributed by atoms with Crippen LogP contribution in [0.5, 0.6) is 5.75 Å². The number of nitrogens with two attached hydrogens (primary N) is 1. The fraction of sp³-hybridized carbons (Fsp3) is 0.615. The molecule has 2 rings (SSSR count). The van der Waals surface area contributed by atoms with Gasteiger partial charge in [0.05, 0.1) is 11.8 Å². The van der Waals surface area contributed by atoms with Crippen molar-refractivity contribution in [2.24, 2.45) is 5.73 Å². The molecule has 1 aromatic rings. The smallest absolute Gasteiger partial charge is 0.142 e. The molecule has 0 saturated carbocycles. The molecule has 0 bridgehead atoms. The molecule has 1 unspecified atom stereocenters. The van der Waals surface area contributed by atoms with E-state index < -0.39 is 0 Å². The Bertz CT molecular complexity index is 362. The Hall–Kier alpha value is -1.13. The molecule has 1 fully saturated rings. The lowest BCUT2D eigenvalue weighted by Crippen LogP contribution is -2.26. The normalized spacial score (nSPS) is 20.2. The number of aryl methyl sites for hydroxylation is 1. The molecule has 1 aliphatic heterocycles. The zero-order valence-electron chi connectivity index (χ0n) is 10.3. The second-order valence-corrected chi connectivity index (χ2v) is 4.40. The minimum Gasteiger partial charge on any atom is -0.489 e. The Morgan fingerprint density at radius 2 is 2.35 bits per heavy atom. The summed E-state index contributed by atoms with van der Waals surface area (Å²) in [6.45, 7) is 3.80. The van der Waals surface area contributed by atoms with Crippen molar-refractivity contribution in [3.63, 3.8) is 0 Å². The largest absolute Gasteiger partial charge is 0.489 e. The van der Waals surface area contributed by atoms with E-state index in [1.807, 2.05) is 19.1 Å². The first-order valence-corrected chi connectivity index (χ1v) is 6.20. The zero-order valence-corrected chi connectivity index (χ0v) is 10.3. The van der Waals surface area contributed by atoms with Crippen LogP contribution in [0.25, 0.3) is 0 Å². The fourth-order valence-electron chi connectivity index (χ4n) is 2.00. The molecule has 4 nitrogen and oxygen atoms in total. The molecule has 1 saturated heterocycles. The van der Waals surface area contributed by atoms with Crippen LogP contribution in [0.3, 0.4) is 0 Å². The highest BCUT2D eigenvalue weighted by Gasteiger charge is 2.15. The maximum atomic E-state index is 5.76. The van der Waals surface area contributed by atoms with E-state index in [0.717, 1.165) is 36.6 Å². The number of nitrogens with zero attached hydrogens (tertiary/aromatic N) is 1. The number of hydrogen-bond acceptors (Lipinski definition) is 4. The molecule has 94 valence electrons. The van der Waals surface area contributed by atoms with Crippen molar-refractivity contribution in [3.05, 3.63) is 23.5 Å². The summed E-state index contributed by atoms with van der Waals surface area (Å²) in [5.41, 5.74) is 7.44. The first-order valence-electron chi connectivity index (χ1n) is 6.20. The van der Waals surface area contributed by atoms with Crippen LogP contribution in [0.2, 0.25) is 0 Å². The lowest BCUT2D eigenvalue weighted by molar-refractivity contribution is -0.0113. The highest BCUT2D eigenvalue weighted by atomic mass is 16.5. The van der Waals surface area contributed by atoms with E-state index in [1.165, 1.54) is 6.42 Å². The highest BCUT2D eigenvalue weighted by Crippen LogP contribution is 2.19. The van der Waals surface area contributed by atoms with Crippen LogP contribution >= 0.6 is 0 Å². The Balaban J connectivity index is 1.93. The van der Waals surface area contributed by atoms with Gasteiger partial charge in [0.1, 0.15) is 12.4 Å². The molecule has 2 heterocycles. The van der Waals surface area contributed by atoms with Gasteiger partial charge in [-0.2, -0.15) is 0 Å². The third kappa shape index (κ3) is 3.41. The maximum absolute atomic E-state index is 5.76. The van der Waals surface area contributed by atoms with Crippen molar-refractivity contribution >= 4 is 0 Å². The van der Waals surface area contributed by atoms with Gasteiger partial charge in [-0.05, 0) is 38.3 Å². The van der Waals surface area contributed by atoms with Crippen LogP contribution in [-0.4, -0.2) is 24.3 Å². The lowest BCUT2D eigenvalue weighted by Gasteiger charge is -2.23. The summed E-state index contributed by atoms with van der Waals surface area (Å²) in [4.78, 5) is 4.36. The van der Waals surface area contributed by atoms with Crippen LogP contribution in [0, 0.1) is 6.92 Å². The van der Waals surface area contributed by atoms with E-state index >= 15 is 0 Å². The van der Waals surface area contributed by atoms with Crippen LogP contribution in [-0.2, 0) is 11.3 Å². The number of aromatic nitrogens is 1. The van der Waals surface area contributed by atoms with Gasteiger partial charge in [-0.1, -0.05) is 0 Å². The topological polar surface area (TPSA) is 57.4 Å². The average molecular weight is 236 g/mol. The van der Waals surface area contributed by atoms with Crippen molar-refractivity contribution < 1.29 is 9.47 Å². The molecule has 4 heteroatoms. The molecule has 0 radical (unpaired) electrons. The van der Waals surface area contributed by atoms with Gasteiger partial charge < -0.3 is 15.2 Å². The van der Waals surface area contributed by atoms with Crippen molar-refractivity contribution in [1.82, 2.24) is 4.98 Å². The van der Waals surface area contributed by atoms with E-state index in [2.05, 4.69) is 4.98 Å². The van der Waals surface area contributed by atoms with Gasteiger partial charge in [0.2, 0.25) is 0 Å². The van der Waals surface area contributed by atoms with Gasteiger partial charge in [0.15, 0.2) is 0 Å². The molecule has 2 N–H and O–H groups in total. The molecule has 1 aliphatic rings. The predicted molar refractivity (Wildman–Crippen MR) is 66.0 cm³/mol. The van der Waals surface area contributed by atoms with Crippen molar-refractivity contribution in [2.75, 3.05) is 13.2 Å². The van der Waals surface area contributed by atoms with Gasteiger partial charge in [0.25, 0.3) is 0 Å². The van der Waals surface area contributed by atoms with Crippen LogP contribution in [0.15, 0.2) is 12.1 Å². The summed E-state index contributed by atoms with van der Waals surface area (Å²) in [6, 6.07) is 3.88. The van der Waals surface area contributed by atoms with Gasteiger partial charge in [-0.15, -0.1) is 0 Å². The molecule has 17 heavy (non-hydrogen) atoms. The molecular formula is C13H20N2O2. The van der Waals surface area contributed by atoms with E-state index in [-0.39, 0.29) is 6.10 Å². The van der Waals surface area contributed by atoms with Crippen LogP contribution in [0.4, 0.5) is 0 Å². The van der Waals surface area contributed by atoms with E-state index in [0.29, 0.717) is 13.2 Å². The van der Waals surface area contributed by atoms with E-state index in [1.54, 1.807) is 0 Å². The van der Waals surface area contributed by atoms with E-state index in [9.17, 15) is 0 Å². The minimum absolute atomic E-state index is 0.218. The second kappa shape index (κ2) is 5.98. The van der Waals surface area contributed by atoms with Crippen molar-refractivity contribution in [2.45, 2.75) is 38.8 Å². The Morgan fingerprint density at radius 3 is 3.06 bits per heavy atom. The summed E-state index contributed by atoms with van der Waals surface area (Å²) in [5.74, 6) is 0.785. The zero-order chi connectivity index (χ0) is 12.1. The number of pyridine rings is 1. The first-order chi connectivity index (χ1) is 8.29. The summed E-state index contributed by atoms with van der Waals surface area (Å²) >= 11 is 0. The quantitative estimate of drug-likeness (QED) is 0.866. The van der Waals surface area contributed by atoms with E-state index in [4.69, 9.17) is 15.2 Å². The summed E-state index contributed by atoms with van der Waals surface area (Å²) in [6.07, 6.45) is 3.69. The Labute approximate surface area is 102 Å². The van der Waals surface area contributed by atoms with Gasteiger partial charge in [-0.3, -0.25) is 4.98 Å². The molecule has 0 aliphatic carbocycles. The number of hydrogen-bond donors (Lipinski definition) is 1. The summed E-state index contributed by atoms with van der Waals surface area (Å²) in [7, 11) is 0. The monoisotopic (exact) mass is 236 g/mol. The van der Waals surface area contributed by atoms with Crippen LogP contribution in [0.1, 0.15) is 30.7 Å². The van der Waals surface area contributed by atoms with Crippen molar-refractivity contribution in [1.29, 1.82) is 0 Å². The number of rotatable bonds is 4. The number of ether oxygens (including phenoxy) is 2.